The SMILES string of the molecule is CC.CC.Cc1ccc(N2CCOCC2)nc1.Cc1cnc(N2CCOCC2)c(Cl)c1. The van der Waals surface area contributed by atoms with Gasteiger partial charge < -0.3 is 19.3 Å². The maximum atomic E-state index is 6.12. The van der Waals surface area contributed by atoms with Crippen molar-refractivity contribution in [2.24, 2.45) is 0 Å². The van der Waals surface area contributed by atoms with E-state index < -0.39 is 0 Å². The maximum absolute atomic E-state index is 6.12. The predicted octanol–water partition coefficient (Wildman–Crippen LogP) is 5.16. The molecule has 0 bridgehead atoms. The maximum Gasteiger partial charge on any atom is 0.147 e. The molecular weight excluding hydrogens is 412 g/mol. The van der Waals surface area contributed by atoms with Crippen molar-refractivity contribution in [1.29, 1.82) is 0 Å². The third kappa shape index (κ3) is 9.42. The zero-order valence-electron chi connectivity index (χ0n) is 20.0. The van der Waals surface area contributed by atoms with Gasteiger partial charge in [-0.3, -0.25) is 0 Å². The first-order valence-electron chi connectivity index (χ1n) is 11.3. The Labute approximate surface area is 193 Å². The summed E-state index contributed by atoms with van der Waals surface area (Å²) in [5.41, 5.74) is 2.30. The van der Waals surface area contributed by atoms with Gasteiger partial charge in [-0.2, -0.15) is 0 Å². The second kappa shape index (κ2) is 15.8. The summed E-state index contributed by atoms with van der Waals surface area (Å²) in [6, 6.07) is 6.11. The molecule has 7 heteroatoms. The highest BCUT2D eigenvalue weighted by Gasteiger charge is 2.15. The minimum Gasteiger partial charge on any atom is -0.378 e. The first-order valence-corrected chi connectivity index (χ1v) is 11.7. The molecule has 31 heavy (non-hydrogen) atoms. The molecule has 0 aliphatic carbocycles. The van der Waals surface area contributed by atoms with Crippen molar-refractivity contribution in [2.75, 3.05) is 62.4 Å². The molecule has 2 saturated heterocycles. The number of aromatic nitrogens is 2. The first kappa shape index (κ1) is 27.1. The van der Waals surface area contributed by atoms with Crippen LogP contribution in [0.15, 0.2) is 30.6 Å². The number of nitrogens with zero attached hydrogens (tertiary/aromatic N) is 4. The summed E-state index contributed by atoms with van der Waals surface area (Å²) in [4.78, 5) is 13.1. The number of morpholine rings is 2. The smallest absolute Gasteiger partial charge is 0.147 e. The van der Waals surface area contributed by atoms with Crippen molar-refractivity contribution in [2.45, 2.75) is 41.5 Å². The second-order valence-electron chi connectivity index (χ2n) is 6.71. The molecular formula is C24H39ClN4O2. The number of hydrogen-bond donors (Lipinski definition) is 0. The number of hydrogen-bond acceptors (Lipinski definition) is 6. The summed E-state index contributed by atoms with van der Waals surface area (Å²) in [5.74, 6) is 1.94. The molecule has 174 valence electrons. The van der Waals surface area contributed by atoms with Gasteiger partial charge in [0.15, 0.2) is 0 Å². The van der Waals surface area contributed by atoms with Crippen molar-refractivity contribution in [3.05, 3.63) is 46.7 Å². The summed E-state index contributed by atoms with van der Waals surface area (Å²) < 4.78 is 10.5. The Bertz CT molecular complexity index is 716. The Morgan fingerprint density at radius 1 is 0.742 bits per heavy atom. The Morgan fingerprint density at radius 3 is 1.74 bits per heavy atom. The zero-order valence-corrected chi connectivity index (χ0v) is 20.8. The lowest BCUT2D eigenvalue weighted by atomic mass is 10.3. The van der Waals surface area contributed by atoms with Gasteiger partial charge in [-0.05, 0) is 37.1 Å². The highest BCUT2D eigenvalue weighted by molar-refractivity contribution is 6.33. The van der Waals surface area contributed by atoms with E-state index in [9.17, 15) is 0 Å². The second-order valence-corrected chi connectivity index (χ2v) is 7.12. The molecule has 0 atom stereocenters. The minimum atomic E-state index is 0.729. The summed E-state index contributed by atoms with van der Waals surface area (Å²) in [6.07, 6.45) is 3.75. The van der Waals surface area contributed by atoms with Crippen LogP contribution < -0.4 is 9.80 Å². The Kier molecular flexibility index (Phi) is 13.9. The molecule has 4 heterocycles. The molecule has 6 nitrogen and oxygen atoms in total. The van der Waals surface area contributed by atoms with E-state index in [2.05, 4.69) is 38.8 Å². The lowest BCUT2D eigenvalue weighted by Crippen LogP contribution is -2.36. The van der Waals surface area contributed by atoms with Crippen LogP contribution in [0, 0.1) is 13.8 Å². The molecule has 0 N–H and O–H groups in total. The van der Waals surface area contributed by atoms with Crippen LogP contribution in [0.2, 0.25) is 5.02 Å². The highest BCUT2D eigenvalue weighted by atomic mass is 35.5. The van der Waals surface area contributed by atoms with E-state index in [0.717, 1.165) is 74.8 Å². The van der Waals surface area contributed by atoms with Crippen LogP contribution in [0.4, 0.5) is 11.6 Å². The van der Waals surface area contributed by atoms with Crippen LogP contribution in [0.1, 0.15) is 38.8 Å². The number of halogens is 1. The number of pyridine rings is 2. The Hall–Kier alpha value is -1.89. The molecule has 0 saturated carbocycles. The number of anilines is 2. The molecule has 2 aromatic heterocycles. The molecule has 2 aliphatic rings. The van der Waals surface area contributed by atoms with Gasteiger partial charge in [-0.25, -0.2) is 9.97 Å². The summed E-state index contributed by atoms with van der Waals surface area (Å²) >= 11 is 6.12. The van der Waals surface area contributed by atoms with Crippen LogP contribution in [-0.2, 0) is 9.47 Å². The van der Waals surface area contributed by atoms with Crippen molar-refractivity contribution in [1.82, 2.24) is 9.97 Å². The molecule has 2 aliphatic heterocycles. The van der Waals surface area contributed by atoms with Gasteiger partial charge >= 0.3 is 0 Å². The Morgan fingerprint density at radius 2 is 1.26 bits per heavy atom. The molecule has 2 aromatic rings. The molecule has 0 radical (unpaired) electrons. The molecule has 0 aromatic carbocycles. The van der Waals surface area contributed by atoms with Crippen molar-refractivity contribution in [3.8, 4) is 0 Å². The van der Waals surface area contributed by atoms with E-state index in [1.165, 1.54) is 5.56 Å². The highest BCUT2D eigenvalue weighted by Crippen LogP contribution is 2.24. The first-order chi connectivity index (χ1) is 15.1. The summed E-state index contributed by atoms with van der Waals surface area (Å²) in [6.45, 7) is 18.8. The monoisotopic (exact) mass is 450 g/mol. The van der Waals surface area contributed by atoms with E-state index in [0.29, 0.717) is 0 Å². The number of rotatable bonds is 2. The molecule has 0 amide bonds. The lowest BCUT2D eigenvalue weighted by Gasteiger charge is -2.28. The summed E-state index contributed by atoms with van der Waals surface area (Å²) in [7, 11) is 0. The van der Waals surface area contributed by atoms with E-state index in [1.807, 2.05) is 53.1 Å². The minimum absolute atomic E-state index is 0.729. The average Bonchev–Trinajstić information content (AvgIpc) is 2.84. The third-order valence-corrected chi connectivity index (χ3v) is 4.78. The zero-order chi connectivity index (χ0) is 23.1. The fraction of sp³-hybridized carbons (Fsp3) is 0.583. The van der Waals surface area contributed by atoms with Crippen molar-refractivity contribution in [3.63, 3.8) is 0 Å². The van der Waals surface area contributed by atoms with Gasteiger partial charge in [0.05, 0.1) is 31.5 Å². The predicted molar refractivity (Wildman–Crippen MR) is 132 cm³/mol. The average molecular weight is 451 g/mol. The van der Waals surface area contributed by atoms with Crippen LogP contribution in [-0.4, -0.2) is 62.6 Å². The van der Waals surface area contributed by atoms with Gasteiger partial charge in [0.1, 0.15) is 11.6 Å². The Balaban J connectivity index is 0.000000268. The largest absolute Gasteiger partial charge is 0.378 e. The van der Waals surface area contributed by atoms with Crippen LogP contribution in [0.25, 0.3) is 0 Å². The number of aryl methyl sites for hydroxylation is 2. The lowest BCUT2D eigenvalue weighted by molar-refractivity contribution is 0.122. The topological polar surface area (TPSA) is 50.7 Å². The molecule has 0 spiro atoms. The van der Waals surface area contributed by atoms with E-state index in [1.54, 1.807) is 0 Å². The van der Waals surface area contributed by atoms with E-state index in [4.69, 9.17) is 21.1 Å². The summed E-state index contributed by atoms with van der Waals surface area (Å²) in [5, 5.41) is 0.729. The van der Waals surface area contributed by atoms with Crippen LogP contribution >= 0.6 is 11.6 Å². The van der Waals surface area contributed by atoms with Gasteiger partial charge in [0, 0.05) is 38.6 Å². The quantitative estimate of drug-likeness (QED) is 0.629. The molecule has 2 fully saturated rings. The van der Waals surface area contributed by atoms with E-state index >= 15 is 0 Å². The van der Waals surface area contributed by atoms with Gasteiger partial charge in [-0.1, -0.05) is 45.4 Å². The fourth-order valence-electron chi connectivity index (χ4n) is 2.97. The normalized spacial score (nSPS) is 15.5. The van der Waals surface area contributed by atoms with Crippen LogP contribution in [0.5, 0.6) is 0 Å². The van der Waals surface area contributed by atoms with Crippen molar-refractivity contribution >= 4 is 23.2 Å². The van der Waals surface area contributed by atoms with Crippen LogP contribution in [0.3, 0.4) is 0 Å². The standard InChI is InChI=1S/C10H13ClN2O.C10H14N2O.2C2H6/c1-8-6-9(11)10(12-7-8)13-2-4-14-5-3-13;1-9-2-3-10(11-8-9)12-4-6-13-7-5-12;2*1-2/h6-7H,2-5H2,1H3;2-3,8H,4-7H2,1H3;2*1-2H3. The van der Waals surface area contributed by atoms with Gasteiger partial charge in [0.25, 0.3) is 0 Å². The van der Waals surface area contributed by atoms with E-state index in [-0.39, 0.29) is 0 Å². The molecule has 4 rings (SSSR count). The third-order valence-electron chi connectivity index (χ3n) is 4.50. The van der Waals surface area contributed by atoms with Crippen molar-refractivity contribution < 1.29 is 9.47 Å². The fourth-order valence-corrected chi connectivity index (χ4v) is 3.31. The number of ether oxygens (including phenoxy) is 2. The van der Waals surface area contributed by atoms with Gasteiger partial charge in [-0.15, -0.1) is 0 Å². The van der Waals surface area contributed by atoms with Gasteiger partial charge in [0.2, 0.25) is 0 Å². The molecule has 0 unspecified atom stereocenters.